The molecule has 1 unspecified atom stereocenters. The summed E-state index contributed by atoms with van der Waals surface area (Å²) in [4.78, 5) is 4.37. The first-order chi connectivity index (χ1) is 10.9. The molecule has 1 aliphatic heterocycles. The quantitative estimate of drug-likeness (QED) is 0.638. The minimum absolute atomic E-state index is 0.241. The van der Waals surface area contributed by atoms with Gasteiger partial charge in [0.15, 0.2) is 5.96 Å². The number of rotatable bonds is 4. The third-order valence-electron chi connectivity index (χ3n) is 4.61. The smallest absolute Gasteiger partial charge is 0.211 e. The maximum absolute atomic E-state index is 11.5. The summed E-state index contributed by atoms with van der Waals surface area (Å²) in [6, 6.07) is 6.33. The largest absolute Gasteiger partial charge is 0.370 e. The van der Waals surface area contributed by atoms with Crippen LogP contribution in [0.4, 0.5) is 5.69 Å². The summed E-state index contributed by atoms with van der Waals surface area (Å²) in [5.41, 5.74) is 9.74. The number of benzene rings is 1. The van der Waals surface area contributed by atoms with Crippen LogP contribution in [0.2, 0.25) is 0 Å². The normalized spacial score (nSPS) is 22.3. The van der Waals surface area contributed by atoms with E-state index in [4.69, 9.17) is 5.73 Å². The van der Waals surface area contributed by atoms with Gasteiger partial charge in [-0.3, -0.25) is 4.99 Å². The van der Waals surface area contributed by atoms with Crippen molar-refractivity contribution < 1.29 is 8.42 Å². The van der Waals surface area contributed by atoms with Crippen molar-refractivity contribution in [3.05, 3.63) is 29.3 Å². The lowest BCUT2D eigenvalue weighted by Crippen LogP contribution is -2.28. The number of hydrogen-bond donors (Lipinski definition) is 2. The standard InChI is InChI=1S/C16H24N4O2S/c1-23(21,22)20-8-7-12(11-20)10-18-16(17)19-15-6-5-13-3-2-4-14(13)9-15/h5-6,9,12H,2-4,7-8,10-11H2,1H3,(H3,17,18,19). The van der Waals surface area contributed by atoms with E-state index in [-0.39, 0.29) is 5.92 Å². The molecule has 0 radical (unpaired) electrons. The molecule has 1 fully saturated rings. The number of hydrogen-bond acceptors (Lipinski definition) is 3. The minimum Gasteiger partial charge on any atom is -0.370 e. The maximum atomic E-state index is 11.5. The van der Waals surface area contributed by atoms with E-state index in [0.717, 1.165) is 24.9 Å². The highest BCUT2D eigenvalue weighted by molar-refractivity contribution is 7.88. The van der Waals surface area contributed by atoms with Gasteiger partial charge in [-0.15, -0.1) is 0 Å². The van der Waals surface area contributed by atoms with Crippen molar-refractivity contribution in [2.24, 2.45) is 16.6 Å². The highest BCUT2D eigenvalue weighted by Crippen LogP contribution is 2.25. The molecular weight excluding hydrogens is 312 g/mol. The van der Waals surface area contributed by atoms with Gasteiger partial charge in [0, 0.05) is 25.3 Å². The Morgan fingerprint density at radius 2 is 2.17 bits per heavy atom. The topological polar surface area (TPSA) is 87.8 Å². The minimum atomic E-state index is -3.09. The first kappa shape index (κ1) is 16.3. The van der Waals surface area contributed by atoms with Crippen LogP contribution >= 0.6 is 0 Å². The molecule has 1 aromatic carbocycles. The summed E-state index contributed by atoms with van der Waals surface area (Å²) in [5, 5.41) is 3.13. The fraction of sp³-hybridized carbons (Fsp3) is 0.562. The molecule has 7 heteroatoms. The Hall–Kier alpha value is -1.60. The van der Waals surface area contributed by atoms with Gasteiger partial charge >= 0.3 is 0 Å². The average molecular weight is 336 g/mol. The van der Waals surface area contributed by atoms with Crippen molar-refractivity contribution in [1.82, 2.24) is 4.31 Å². The van der Waals surface area contributed by atoms with Gasteiger partial charge in [-0.05, 0) is 54.9 Å². The first-order valence-electron chi connectivity index (χ1n) is 8.06. The van der Waals surface area contributed by atoms with Crippen molar-refractivity contribution >= 4 is 21.7 Å². The van der Waals surface area contributed by atoms with Crippen molar-refractivity contribution in [3.63, 3.8) is 0 Å². The molecule has 0 aromatic heterocycles. The SMILES string of the molecule is CS(=O)(=O)N1CCC(CN=C(N)Nc2ccc3c(c2)CCC3)C1. The predicted octanol–water partition coefficient (Wildman–Crippen LogP) is 1.18. The van der Waals surface area contributed by atoms with Crippen LogP contribution in [0.1, 0.15) is 24.0 Å². The summed E-state index contributed by atoms with van der Waals surface area (Å²) in [5.74, 6) is 0.630. The Kier molecular flexibility index (Phi) is 4.59. The van der Waals surface area contributed by atoms with E-state index in [9.17, 15) is 8.42 Å². The molecule has 1 heterocycles. The third kappa shape index (κ3) is 4.03. The Morgan fingerprint density at radius 3 is 2.91 bits per heavy atom. The van der Waals surface area contributed by atoms with Crippen LogP contribution in [-0.2, 0) is 22.9 Å². The Bertz CT molecular complexity index is 715. The highest BCUT2D eigenvalue weighted by Gasteiger charge is 2.28. The molecule has 1 aliphatic carbocycles. The molecule has 0 bridgehead atoms. The first-order valence-corrected chi connectivity index (χ1v) is 9.90. The maximum Gasteiger partial charge on any atom is 0.211 e. The van der Waals surface area contributed by atoms with Crippen molar-refractivity contribution in [2.45, 2.75) is 25.7 Å². The summed E-state index contributed by atoms with van der Waals surface area (Å²) in [6.45, 7) is 1.67. The van der Waals surface area contributed by atoms with Crippen LogP contribution in [-0.4, -0.2) is 44.6 Å². The van der Waals surface area contributed by atoms with Gasteiger partial charge in [-0.2, -0.15) is 0 Å². The number of nitrogens with two attached hydrogens (primary N) is 1. The van der Waals surface area contributed by atoms with Crippen LogP contribution in [0.25, 0.3) is 0 Å². The van der Waals surface area contributed by atoms with Gasteiger partial charge in [0.1, 0.15) is 0 Å². The van der Waals surface area contributed by atoms with Gasteiger partial charge in [0.2, 0.25) is 10.0 Å². The second kappa shape index (κ2) is 6.49. The molecule has 126 valence electrons. The highest BCUT2D eigenvalue weighted by atomic mass is 32.2. The van der Waals surface area contributed by atoms with Gasteiger partial charge in [-0.25, -0.2) is 12.7 Å². The Labute approximate surface area is 137 Å². The van der Waals surface area contributed by atoms with E-state index in [0.29, 0.717) is 25.6 Å². The Morgan fingerprint density at radius 1 is 1.39 bits per heavy atom. The number of sulfonamides is 1. The van der Waals surface area contributed by atoms with E-state index in [1.54, 1.807) is 0 Å². The monoisotopic (exact) mass is 336 g/mol. The lowest BCUT2D eigenvalue weighted by atomic mass is 10.1. The lowest BCUT2D eigenvalue weighted by molar-refractivity contribution is 0.464. The van der Waals surface area contributed by atoms with E-state index in [2.05, 4.69) is 22.4 Å². The van der Waals surface area contributed by atoms with Crippen LogP contribution < -0.4 is 11.1 Å². The molecule has 2 aliphatic rings. The lowest BCUT2D eigenvalue weighted by Gasteiger charge is -2.12. The third-order valence-corrected chi connectivity index (χ3v) is 5.88. The molecule has 0 spiro atoms. The molecule has 1 saturated heterocycles. The van der Waals surface area contributed by atoms with E-state index < -0.39 is 10.0 Å². The zero-order chi connectivity index (χ0) is 16.4. The zero-order valence-corrected chi connectivity index (χ0v) is 14.3. The van der Waals surface area contributed by atoms with Gasteiger partial charge in [-0.1, -0.05) is 6.07 Å². The van der Waals surface area contributed by atoms with Crippen molar-refractivity contribution in [3.8, 4) is 0 Å². The molecule has 0 saturated carbocycles. The summed E-state index contributed by atoms with van der Waals surface area (Å²) < 4.78 is 24.5. The van der Waals surface area contributed by atoms with E-state index >= 15 is 0 Å². The molecule has 0 amide bonds. The van der Waals surface area contributed by atoms with Crippen molar-refractivity contribution in [1.29, 1.82) is 0 Å². The fourth-order valence-corrected chi connectivity index (χ4v) is 4.23. The summed E-state index contributed by atoms with van der Waals surface area (Å²) >= 11 is 0. The van der Waals surface area contributed by atoms with Crippen LogP contribution in [0, 0.1) is 5.92 Å². The molecule has 1 atom stereocenters. The number of guanidine groups is 1. The number of fused-ring (bicyclic) bond motifs is 1. The molecular formula is C16H24N4O2S. The average Bonchev–Trinajstić information content (AvgIpc) is 3.13. The Balaban J connectivity index is 1.54. The number of anilines is 1. The molecule has 1 aromatic rings. The van der Waals surface area contributed by atoms with Crippen LogP contribution in [0.3, 0.4) is 0 Å². The van der Waals surface area contributed by atoms with Gasteiger partial charge in [0.25, 0.3) is 0 Å². The number of nitrogens with zero attached hydrogens (tertiary/aromatic N) is 2. The number of aryl methyl sites for hydroxylation is 2. The van der Waals surface area contributed by atoms with Gasteiger partial charge < -0.3 is 11.1 Å². The number of aliphatic imine (C=N–C) groups is 1. The second-order valence-corrected chi connectivity index (χ2v) is 8.45. The van der Waals surface area contributed by atoms with Crippen molar-refractivity contribution in [2.75, 3.05) is 31.2 Å². The summed E-state index contributed by atoms with van der Waals surface area (Å²) in [7, 11) is -3.09. The predicted molar refractivity (Wildman–Crippen MR) is 93.1 cm³/mol. The van der Waals surface area contributed by atoms with Gasteiger partial charge in [0.05, 0.1) is 6.26 Å². The molecule has 23 heavy (non-hydrogen) atoms. The summed E-state index contributed by atoms with van der Waals surface area (Å²) in [6.07, 6.45) is 5.61. The zero-order valence-electron chi connectivity index (χ0n) is 13.5. The molecule has 6 nitrogen and oxygen atoms in total. The second-order valence-electron chi connectivity index (χ2n) is 6.46. The fourth-order valence-electron chi connectivity index (χ4n) is 3.31. The van der Waals surface area contributed by atoms with E-state index in [1.807, 2.05) is 6.07 Å². The molecule has 3 N–H and O–H groups in total. The van der Waals surface area contributed by atoms with Crippen LogP contribution in [0.15, 0.2) is 23.2 Å². The van der Waals surface area contributed by atoms with E-state index in [1.165, 1.54) is 28.1 Å². The van der Waals surface area contributed by atoms with Crippen LogP contribution in [0.5, 0.6) is 0 Å². The number of nitrogens with one attached hydrogen (secondary N) is 1. The molecule has 3 rings (SSSR count).